The summed E-state index contributed by atoms with van der Waals surface area (Å²) in [6.07, 6.45) is 2.85. The van der Waals surface area contributed by atoms with Crippen molar-refractivity contribution in [1.29, 1.82) is 0 Å². The first kappa shape index (κ1) is 12.4. The molecule has 2 aromatic rings. The minimum atomic E-state index is -0.591. The fourth-order valence-corrected chi connectivity index (χ4v) is 2.04. The quantitative estimate of drug-likeness (QED) is 0.879. The second-order valence-electron chi connectivity index (χ2n) is 4.56. The lowest BCUT2D eigenvalue weighted by atomic mass is 10.1. The van der Waals surface area contributed by atoms with Gasteiger partial charge in [-0.1, -0.05) is 18.2 Å². The smallest absolute Gasteiger partial charge is 0.260 e. The number of hydrogen-bond acceptors (Lipinski definition) is 4. The maximum Gasteiger partial charge on any atom is 0.260 e. The highest BCUT2D eigenvalue weighted by Crippen LogP contribution is 2.40. The predicted octanol–water partition coefficient (Wildman–Crippen LogP) is 3.22. The van der Waals surface area contributed by atoms with Crippen molar-refractivity contribution in [2.24, 2.45) is 0 Å². The van der Waals surface area contributed by atoms with Gasteiger partial charge in [0.15, 0.2) is 0 Å². The van der Waals surface area contributed by atoms with Crippen molar-refractivity contribution in [3.05, 3.63) is 53.6 Å². The van der Waals surface area contributed by atoms with Gasteiger partial charge in [0.05, 0.1) is 5.56 Å². The number of phenols is 2. The van der Waals surface area contributed by atoms with Crippen molar-refractivity contribution in [3.63, 3.8) is 0 Å². The molecule has 0 saturated carbocycles. The third-order valence-corrected chi connectivity index (χ3v) is 3.19. The van der Waals surface area contributed by atoms with E-state index < -0.39 is 6.29 Å². The molecular formula is C16H14O4. The molecule has 4 heteroatoms. The highest BCUT2D eigenvalue weighted by Gasteiger charge is 2.21. The molecule has 0 amide bonds. The second-order valence-corrected chi connectivity index (χ2v) is 4.56. The minimum Gasteiger partial charge on any atom is -0.507 e. The first-order chi connectivity index (χ1) is 9.65. The number of aromatic hydroxyl groups is 2. The number of fused-ring (bicyclic) bond motifs is 1. The highest BCUT2D eigenvalue weighted by atomic mass is 16.7. The topological polar surface area (TPSA) is 58.9 Å². The predicted molar refractivity (Wildman–Crippen MR) is 75.0 cm³/mol. The van der Waals surface area contributed by atoms with Gasteiger partial charge >= 0.3 is 0 Å². The first-order valence-corrected chi connectivity index (χ1v) is 6.27. The number of rotatable bonds is 2. The Morgan fingerprint density at radius 2 is 1.90 bits per heavy atom. The standard InChI is InChI=1S/C16H14O4/c1-10-13(17)9-14-12(16(10)18)7-8-15(20-14)19-11-5-3-2-4-6-11/h2-9,15,17-18H,1H3. The van der Waals surface area contributed by atoms with Crippen LogP contribution in [0.2, 0.25) is 0 Å². The van der Waals surface area contributed by atoms with Crippen LogP contribution >= 0.6 is 0 Å². The molecular weight excluding hydrogens is 256 g/mol. The normalized spacial score (nSPS) is 16.4. The molecule has 3 rings (SSSR count). The van der Waals surface area contributed by atoms with Gasteiger partial charge in [-0.3, -0.25) is 0 Å². The monoisotopic (exact) mass is 270 g/mol. The highest BCUT2D eigenvalue weighted by molar-refractivity contribution is 5.70. The first-order valence-electron chi connectivity index (χ1n) is 6.27. The van der Waals surface area contributed by atoms with Crippen LogP contribution in [0.25, 0.3) is 6.08 Å². The van der Waals surface area contributed by atoms with Crippen molar-refractivity contribution in [3.8, 4) is 23.0 Å². The molecule has 1 atom stereocenters. The van der Waals surface area contributed by atoms with Gasteiger partial charge < -0.3 is 19.7 Å². The zero-order valence-electron chi connectivity index (χ0n) is 10.9. The van der Waals surface area contributed by atoms with Gasteiger partial charge in [0.2, 0.25) is 0 Å². The summed E-state index contributed by atoms with van der Waals surface area (Å²) in [7, 11) is 0. The number of para-hydroxylation sites is 1. The Bertz CT molecular complexity index is 662. The van der Waals surface area contributed by atoms with Crippen molar-refractivity contribution in [1.82, 2.24) is 0 Å². The Hall–Kier alpha value is -2.62. The van der Waals surface area contributed by atoms with E-state index in [1.54, 1.807) is 19.1 Å². The van der Waals surface area contributed by atoms with E-state index in [0.29, 0.717) is 22.6 Å². The van der Waals surface area contributed by atoms with Gasteiger partial charge in [-0.15, -0.1) is 0 Å². The van der Waals surface area contributed by atoms with Crippen LogP contribution in [-0.4, -0.2) is 16.5 Å². The van der Waals surface area contributed by atoms with E-state index >= 15 is 0 Å². The Morgan fingerprint density at radius 3 is 2.65 bits per heavy atom. The molecule has 102 valence electrons. The lowest BCUT2D eigenvalue weighted by Gasteiger charge is -2.23. The average Bonchev–Trinajstić information content (AvgIpc) is 2.46. The summed E-state index contributed by atoms with van der Waals surface area (Å²) < 4.78 is 11.3. The van der Waals surface area contributed by atoms with Gasteiger partial charge in [-0.25, -0.2) is 0 Å². The molecule has 1 aliphatic rings. The Labute approximate surface area is 116 Å². The largest absolute Gasteiger partial charge is 0.507 e. The summed E-state index contributed by atoms with van der Waals surface area (Å²) in [5.41, 5.74) is 0.979. The van der Waals surface area contributed by atoms with E-state index in [-0.39, 0.29) is 11.5 Å². The Kier molecular flexibility index (Phi) is 2.99. The maximum atomic E-state index is 9.97. The third kappa shape index (κ3) is 2.16. The molecule has 0 bridgehead atoms. The SMILES string of the molecule is Cc1c(O)cc2c(c1O)C=CC(Oc1ccccc1)O2. The number of ether oxygens (including phenoxy) is 2. The van der Waals surface area contributed by atoms with Gasteiger partial charge in [0.25, 0.3) is 6.29 Å². The molecule has 2 N–H and O–H groups in total. The van der Waals surface area contributed by atoms with Crippen LogP contribution in [0, 0.1) is 6.92 Å². The van der Waals surface area contributed by atoms with Crippen molar-refractivity contribution < 1.29 is 19.7 Å². The fraction of sp³-hybridized carbons (Fsp3) is 0.125. The maximum absolute atomic E-state index is 9.97. The lowest BCUT2D eigenvalue weighted by molar-refractivity contribution is 0.0450. The van der Waals surface area contributed by atoms with Crippen LogP contribution in [0.3, 0.4) is 0 Å². The molecule has 20 heavy (non-hydrogen) atoms. The van der Waals surface area contributed by atoms with E-state index in [1.165, 1.54) is 6.07 Å². The van der Waals surface area contributed by atoms with Crippen LogP contribution in [0.15, 0.2) is 42.5 Å². The summed E-state index contributed by atoms with van der Waals surface area (Å²) in [5.74, 6) is 1.10. The zero-order valence-corrected chi connectivity index (χ0v) is 10.9. The Morgan fingerprint density at radius 1 is 1.15 bits per heavy atom. The van der Waals surface area contributed by atoms with E-state index in [2.05, 4.69) is 0 Å². The summed E-state index contributed by atoms with van der Waals surface area (Å²) in [6.45, 7) is 1.64. The summed E-state index contributed by atoms with van der Waals surface area (Å²) in [5, 5.41) is 19.7. The van der Waals surface area contributed by atoms with Crippen LogP contribution in [-0.2, 0) is 0 Å². The Balaban J connectivity index is 1.87. The van der Waals surface area contributed by atoms with Crippen molar-refractivity contribution in [2.45, 2.75) is 13.2 Å². The van der Waals surface area contributed by atoms with E-state index in [1.807, 2.05) is 30.3 Å². The molecule has 0 fully saturated rings. The minimum absolute atomic E-state index is 0.00462. The summed E-state index contributed by atoms with van der Waals surface area (Å²) in [6, 6.07) is 10.8. The van der Waals surface area contributed by atoms with E-state index in [4.69, 9.17) is 9.47 Å². The molecule has 0 saturated heterocycles. The van der Waals surface area contributed by atoms with Gasteiger partial charge in [-0.2, -0.15) is 0 Å². The molecule has 0 radical (unpaired) electrons. The number of hydrogen-bond donors (Lipinski definition) is 2. The molecule has 1 aliphatic heterocycles. The average molecular weight is 270 g/mol. The molecule has 0 aliphatic carbocycles. The van der Waals surface area contributed by atoms with Crippen molar-refractivity contribution in [2.75, 3.05) is 0 Å². The molecule has 4 nitrogen and oxygen atoms in total. The number of benzene rings is 2. The molecule has 1 heterocycles. The van der Waals surface area contributed by atoms with Crippen LogP contribution in [0.5, 0.6) is 23.0 Å². The molecule has 1 unspecified atom stereocenters. The van der Waals surface area contributed by atoms with E-state index in [0.717, 1.165) is 0 Å². The van der Waals surface area contributed by atoms with Crippen molar-refractivity contribution >= 4 is 6.08 Å². The number of phenolic OH excluding ortho intramolecular Hbond substituents is 2. The summed E-state index contributed by atoms with van der Waals surface area (Å²) in [4.78, 5) is 0. The third-order valence-electron chi connectivity index (χ3n) is 3.19. The molecule has 0 aromatic heterocycles. The van der Waals surface area contributed by atoms with Gasteiger partial charge in [0, 0.05) is 11.6 Å². The van der Waals surface area contributed by atoms with Crippen LogP contribution < -0.4 is 9.47 Å². The zero-order chi connectivity index (χ0) is 14.1. The van der Waals surface area contributed by atoms with Gasteiger partial charge in [-0.05, 0) is 31.2 Å². The van der Waals surface area contributed by atoms with Gasteiger partial charge in [0.1, 0.15) is 23.0 Å². The van der Waals surface area contributed by atoms with Crippen LogP contribution in [0.1, 0.15) is 11.1 Å². The van der Waals surface area contributed by atoms with E-state index in [9.17, 15) is 10.2 Å². The van der Waals surface area contributed by atoms with Crippen LogP contribution in [0.4, 0.5) is 0 Å². The second kappa shape index (κ2) is 4.81. The molecule has 2 aromatic carbocycles. The molecule has 0 spiro atoms. The summed E-state index contributed by atoms with van der Waals surface area (Å²) >= 11 is 0. The fourth-order valence-electron chi connectivity index (χ4n) is 2.04. The lowest BCUT2D eigenvalue weighted by Crippen LogP contribution is -2.23.